The van der Waals surface area contributed by atoms with Gasteiger partial charge in [0.25, 0.3) is 0 Å². The molecular formula is C15H21NO4. The average molecular weight is 279 g/mol. The van der Waals surface area contributed by atoms with Crippen molar-refractivity contribution in [1.29, 1.82) is 0 Å². The monoisotopic (exact) mass is 279 g/mol. The summed E-state index contributed by atoms with van der Waals surface area (Å²) in [5.41, 5.74) is 0.548. The number of morpholine rings is 1. The Morgan fingerprint density at radius 3 is 2.60 bits per heavy atom. The summed E-state index contributed by atoms with van der Waals surface area (Å²) in [5, 5.41) is 0. The fraction of sp³-hybridized carbons (Fsp3) is 0.533. The second-order valence-electron chi connectivity index (χ2n) is 4.55. The fourth-order valence-corrected chi connectivity index (χ4v) is 2.02. The molecule has 0 unspecified atom stereocenters. The summed E-state index contributed by atoms with van der Waals surface area (Å²) < 4.78 is 15.9. The summed E-state index contributed by atoms with van der Waals surface area (Å²) in [7, 11) is 0. The van der Waals surface area contributed by atoms with Crippen LogP contribution in [-0.4, -0.2) is 56.9 Å². The summed E-state index contributed by atoms with van der Waals surface area (Å²) in [6, 6.07) is 7.04. The van der Waals surface area contributed by atoms with Gasteiger partial charge in [-0.3, -0.25) is 4.90 Å². The fourth-order valence-electron chi connectivity index (χ4n) is 2.02. The first-order chi connectivity index (χ1) is 9.79. The number of hydrogen-bond acceptors (Lipinski definition) is 5. The Morgan fingerprint density at radius 1 is 1.25 bits per heavy atom. The predicted molar refractivity (Wildman–Crippen MR) is 75.2 cm³/mol. The zero-order chi connectivity index (χ0) is 14.2. The lowest BCUT2D eigenvalue weighted by Crippen LogP contribution is -2.38. The van der Waals surface area contributed by atoms with E-state index in [1.54, 1.807) is 31.2 Å². The van der Waals surface area contributed by atoms with Crippen LogP contribution in [0.25, 0.3) is 0 Å². The highest BCUT2D eigenvalue weighted by molar-refractivity contribution is 5.89. The van der Waals surface area contributed by atoms with Crippen molar-refractivity contribution in [3.8, 4) is 5.75 Å². The van der Waals surface area contributed by atoms with Crippen molar-refractivity contribution in [2.45, 2.75) is 6.92 Å². The Balaban J connectivity index is 1.74. The molecule has 0 saturated carbocycles. The van der Waals surface area contributed by atoms with Gasteiger partial charge in [0.1, 0.15) is 12.4 Å². The molecule has 1 fully saturated rings. The van der Waals surface area contributed by atoms with Crippen molar-refractivity contribution < 1.29 is 19.0 Å². The molecule has 1 aliphatic heterocycles. The minimum Gasteiger partial charge on any atom is -0.492 e. The van der Waals surface area contributed by atoms with E-state index in [-0.39, 0.29) is 5.97 Å². The van der Waals surface area contributed by atoms with Crippen LogP contribution in [-0.2, 0) is 9.47 Å². The zero-order valence-corrected chi connectivity index (χ0v) is 11.8. The second kappa shape index (κ2) is 7.87. The van der Waals surface area contributed by atoms with Gasteiger partial charge in [0.2, 0.25) is 0 Å². The molecule has 0 N–H and O–H groups in total. The first-order valence-electron chi connectivity index (χ1n) is 6.99. The minimum absolute atomic E-state index is 0.299. The van der Waals surface area contributed by atoms with E-state index in [1.165, 1.54) is 0 Å². The standard InChI is InChI=1S/C15H21NO4/c1-2-19-15(17)13-3-5-14(6-4-13)20-12-9-16-7-10-18-11-8-16/h3-6H,2,7-12H2,1H3. The van der Waals surface area contributed by atoms with E-state index in [9.17, 15) is 4.79 Å². The molecule has 5 nitrogen and oxygen atoms in total. The smallest absolute Gasteiger partial charge is 0.338 e. The molecule has 2 rings (SSSR count). The summed E-state index contributed by atoms with van der Waals surface area (Å²) in [5.74, 6) is 0.471. The van der Waals surface area contributed by atoms with Crippen LogP contribution in [0.3, 0.4) is 0 Å². The maximum absolute atomic E-state index is 11.5. The molecule has 1 aromatic rings. The zero-order valence-electron chi connectivity index (χ0n) is 11.8. The van der Waals surface area contributed by atoms with Gasteiger partial charge in [-0.05, 0) is 31.2 Å². The summed E-state index contributed by atoms with van der Waals surface area (Å²) in [6.07, 6.45) is 0. The third-order valence-electron chi connectivity index (χ3n) is 3.15. The second-order valence-corrected chi connectivity index (χ2v) is 4.55. The predicted octanol–water partition coefficient (Wildman–Crippen LogP) is 1.57. The number of carbonyl (C=O) groups is 1. The Labute approximate surface area is 119 Å². The van der Waals surface area contributed by atoms with Crippen molar-refractivity contribution in [3.63, 3.8) is 0 Å². The molecule has 1 heterocycles. The van der Waals surface area contributed by atoms with Crippen LogP contribution >= 0.6 is 0 Å². The minimum atomic E-state index is -0.299. The van der Waals surface area contributed by atoms with Crippen LogP contribution in [0, 0.1) is 0 Å². The Hall–Kier alpha value is -1.59. The van der Waals surface area contributed by atoms with E-state index < -0.39 is 0 Å². The molecule has 0 atom stereocenters. The molecule has 5 heteroatoms. The molecule has 1 aliphatic rings. The van der Waals surface area contributed by atoms with Gasteiger partial charge in [-0.2, -0.15) is 0 Å². The van der Waals surface area contributed by atoms with Gasteiger partial charge in [0, 0.05) is 19.6 Å². The van der Waals surface area contributed by atoms with Crippen LogP contribution in [0.2, 0.25) is 0 Å². The number of rotatable bonds is 6. The van der Waals surface area contributed by atoms with E-state index in [4.69, 9.17) is 14.2 Å². The van der Waals surface area contributed by atoms with Crippen LogP contribution in [0.1, 0.15) is 17.3 Å². The molecule has 0 amide bonds. The number of carbonyl (C=O) groups excluding carboxylic acids is 1. The van der Waals surface area contributed by atoms with E-state index >= 15 is 0 Å². The Kier molecular flexibility index (Phi) is 5.83. The number of nitrogens with zero attached hydrogens (tertiary/aromatic N) is 1. The highest BCUT2D eigenvalue weighted by atomic mass is 16.5. The normalized spacial score (nSPS) is 15.8. The highest BCUT2D eigenvalue weighted by Crippen LogP contribution is 2.13. The Bertz CT molecular complexity index is 412. The molecule has 0 aromatic heterocycles. The van der Waals surface area contributed by atoms with E-state index in [0.29, 0.717) is 18.8 Å². The summed E-state index contributed by atoms with van der Waals surface area (Å²) in [6.45, 7) is 7.23. The summed E-state index contributed by atoms with van der Waals surface area (Å²) in [4.78, 5) is 13.8. The van der Waals surface area contributed by atoms with Crippen molar-refractivity contribution in [3.05, 3.63) is 29.8 Å². The van der Waals surface area contributed by atoms with Crippen molar-refractivity contribution in [1.82, 2.24) is 4.90 Å². The van der Waals surface area contributed by atoms with Crippen molar-refractivity contribution in [2.24, 2.45) is 0 Å². The number of esters is 1. The molecule has 0 radical (unpaired) electrons. The maximum Gasteiger partial charge on any atom is 0.338 e. The van der Waals surface area contributed by atoms with Crippen LogP contribution < -0.4 is 4.74 Å². The molecule has 1 aromatic carbocycles. The lowest BCUT2D eigenvalue weighted by Gasteiger charge is -2.26. The molecule has 110 valence electrons. The van der Waals surface area contributed by atoms with E-state index in [0.717, 1.165) is 38.6 Å². The van der Waals surface area contributed by atoms with Gasteiger partial charge >= 0.3 is 5.97 Å². The van der Waals surface area contributed by atoms with Crippen molar-refractivity contribution in [2.75, 3.05) is 46.1 Å². The number of ether oxygens (including phenoxy) is 3. The quantitative estimate of drug-likeness (QED) is 0.740. The van der Waals surface area contributed by atoms with Crippen molar-refractivity contribution >= 4 is 5.97 Å². The van der Waals surface area contributed by atoms with Gasteiger partial charge in [0.05, 0.1) is 25.4 Å². The first kappa shape index (κ1) is 14.8. The third-order valence-corrected chi connectivity index (χ3v) is 3.15. The topological polar surface area (TPSA) is 48.0 Å². The van der Waals surface area contributed by atoms with Gasteiger partial charge in [0.15, 0.2) is 0 Å². The highest BCUT2D eigenvalue weighted by Gasteiger charge is 2.10. The molecule has 20 heavy (non-hydrogen) atoms. The number of benzene rings is 1. The largest absolute Gasteiger partial charge is 0.492 e. The van der Waals surface area contributed by atoms with Gasteiger partial charge in [-0.25, -0.2) is 4.79 Å². The van der Waals surface area contributed by atoms with Gasteiger partial charge < -0.3 is 14.2 Å². The Morgan fingerprint density at radius 2 is 1.95 bits per heavy atom. The van der Waals surface area contributed by atoms with Gasteiger partial charge in [-0.1, -0.05) is 0 Å². The lowest BCUT2D eigenvalue weighted by atomic mass is 10.2. The van der Waals surface area contributed by atoms with E-state index in [1.807, 2.05) is 0 Å². The van der Waals surface area contributed by atoms with Crippen LogP contribution in [0.15, 0.2) is 24.3 Å². The molecule has 0 spiro atoms. The average Bonchev–Trinajstić information content (AvgIpc) is 2.49. The first-order valence-corrected chi connectivity index (χ1v) is 6.99. The molecule has 0 bridgehead atoms. The number of hydrogen-bond donors (Lipinski definition) is 0. The van der Waals surface area contributed by atoms with Gasteiger partial charge in [-0.15, -0.1) is 0 Å². The van der Waals surface area contributed by atoms with Crippen LogP contribution in [0.5, 0.6) is 5.75 Å². The summed E-state index contributed by atoms with van der Waals surface area (Å²) >= 11 is 0. The van der Waals surface area contributed by atoms with Crippen LogP contribution in [0.4, 0.5) is 0 Å². The third kappa shape index (κ3) is 4.51. The SMILES string of the molecule is CCOC(=O)c1ccc(OCCN2CCOCC2)cc1. The maximum atomic E-state index is 11.5. The lowest BCUT2D eigenvalue weighted by molar-refractivity contribution is 0.0322. The van der Waals surface area contributed by atoms with E-state index in [2.05, 4.69) is 4.90 Å². The molecular weight excluding hydrogens is 258 g/mol. The molecule has 0 aliphatic carbocycles. The molecule has 1 saturated heterocycles.